The molecule has 1 atom stereocenters. The summed E-state index contributed by atoms with van der Waals surface area (Å²) >= 11 is 0. The second-order valence-corrected chi connectivity index (χ2v) is 6.69. The van der Waals surface area contributed by atoms with E-state index >= 15 is 0 Å². The molecule has 1 unspecified atom stereocenters. The van der Waals surface area contributed by atoms with Crippen LogP contribution < -0.4 is 15.4 Å². The van der Waals surface area contributed by atoms with Gasteiger partial charge in [-0.1, -0.05) is 12.1 Å². The predicted octanol–water partition coefficient (Wildman–Crippen LogP) is 2.33. The maximum absolute atomic E-state index is 12.7. The van der Waals surface area contributed by atoms with Gasteiger partial charge in [-0.25, -0.2) is 0 Å². The molecule has 0 bridgehead atoms. The minimum atomic E-state index is -0.397. The molecule has 8 heteroatoms. The van der Waals surface area contributed by atoms with Crippen molar-refractivity contribution in [3.8, 4) is 5.75 Å². The first-order valence-corrected chi connectivity index (χ1v) is 9.29. The first-order valence-electron chi connectivity index (χ1n) is 9.29. The van der Waals surface area contributed by atoms with Crippen molar-refractivity contribution < 1.29 is 14.3 Å². The summed E-state index contributed by atoms with van der Waals surface area (Å²) in [5.74, 6) is 1.24. The van der Waals surface area contributed by atoms with E-state index in [1.165, 1.54) is 0 Å². The zero-order chi connectivity index (χ0) is 17.6. The standard InChI is InChI=1S/C19H29N3O3.2ClH/c1-2-25-17-6-4-3-5-16(17)21-9-11-22(12-10-21)19(23)18(20)15-7-13-24-14-8-15;;/h3-6,15,18H,2,7-14,20H2,1H3;2*1H. The summed E-state index contributed by atoms with van der Waals surface area (Å²) in [4.78, 5) is 16.9. The Balaban J connectivity index is 0.00000182. The van der Waals surface area contributed by atoms with E-state index in [0.29, 0.717) is 32.9 Å². The number of hydrogen-bond acceptors (Lipinski definition) is 5. The van der Waals surface area contributed by atoms with Gasteiger partial charge in [0.1, 0.15) is 5.75 Å². The monoisotopic (exact) mass is 419 g/mol. The van der Waals surface area contributed by atoms with Crippen LogP contribution in [-0.4, -0.2) is 62.8 Å². The minimum absolute atomic E-state index is 0. The third kappa shape index (κ3) is 5.88. The first kappa shape index (κ1) is 23.8. The number of halogens is 2. The van der Waals surface area contributed by atoms with Crippen molar-refractivity contribution >= 4 is 36.4 Å². The van der Waals surface area contributed by atoms with Crippen molar-refractivity contribution in [2.75, 3.05) is 50.9 Å². The fourth-order valence-electron chi connectivity index (χ4n) is 3.65. The Morgan fingerprint density at radius 2 is 1.81 bits per heavy atom. The Hall–Kier alpha value is -1.21. The van der Waals surface area contributed by atoms with E-state index in [0.717, 1.165) is 37.4 Å². The van der Waals surface area contributed by atoms with Crippen molar-refractivity contribution in [2.24, 2.45) is 11.7 Å². The zero-order valence-corrected chi connectivity index (χ0v) is 17.5. The number of amides is 1. The summed E-state index contributed by atoms with van der Waals surface area (Å²) < 4.78 is 11.1. The number of hydrogen-bond donors (Lipinski definition) is 1. The molecule has 2 aliphatic rings. The van der Waals surface area contributed by atoms with Crippen LogP contribution in [-0.2, 0) is 9.53 Å². The second kappa shape index (κ2) is 11.6. The van der Waals surface area contributed by atoms with Crippen molar-refractivity contribution in [3.63, 3.8) is 0 Å². The van der Waals surface area contributed by atoms with Crippen LogP contribution in [0.1, 0.15) is 19.8 Å². The van der Waals surface area contributed by atoms with Crippen LogP contribution in [0.3, 0.4) is 0 Å². The smallest absolute Gasteiger partial charge is 0.239 e. The van der Waals surface area contributed by atoms with Crippen LogP contribution in [0, 0.1) is 5.92 Å². The topological polar surface area (TPSA) is 68.0 Å². The van der Waals surface area contributed by atoms with Gasteiger partial charge in [0.25, 0.3) is 0 Å². The molecule has 0 aromatic heterocycles. The van der Waals surface area contributed by atoms with Crippen LogP contribution in [0.25, 0.3) is 0 Å². The molecular formula is C19H31Cl2N3O3. The Kier molecular flexibility index (Phi) is 10.2. The average molecular weight is 420 g/mol. The molecule has 27 heavy (non-hydrogen) atoms. The number of rotatable bonds is 5. The van der Waals surface area contributed by atoms with Crippen LogP contribution >= 0.6 is 24.8 Å². The molecule has 2 heterocycles. The van der Waals surface area contributed by atoms with Gasteiger partial charge in [-0.05, 0) is 37.8 Å². The van der Waals surface area contributed by atoms with Crippen molar-refractivity contribution in [2.45, 2.75) is 25.8 Å². The van der Waals surface area contributed by atoms with Gasteiger partial charge in [0.15, 0.2) is 0 Å². The Morgan fingerprint density at radius 1 is 1.19 bits per heavy atom. The number of piperazine rings is 1. The Bertz CT molecular complexity index is 577. The van der Waals surface area contributed by atoms with Crippen LogP contribution in [0.4, 0.5) is 5.69 Å². The van der Waals surface area contributed by atoms with Crippen molar-refractivity contribution in [1.29, 1.82) is 0 Å². The maximum atomic E-state index is 12.7. The molecule has 6 nitrogen and oxygen atoms in total. The molecule has 2 aliphatic heterocycles. The molecule has 2 fully saturated rings. The Labute approximate surface area is 174 Å². The third-order valence-electron chi connectivity index (χ3n) is 5.16. The molecule has 3 rings (SSSR count). The number of ether oxygens (including phenoxy) is 2. The highest BCUT2D eigenvalue weighted by Gasteiger charge is 2.31. The largest absolute Gasteiger partial charge is 0.492 e. The fraction of sp³-hybridized carbons (Fsp3) is 0.632. The van der Waals surface area contributed by atoms with E-state index in [9.17, 15) is 4.79 Å². The van der Waals surface area contributed by atoms with Gasteiger partial charge in [0, 0.05) is 39.4 Å². The number of carbonyl (C=O) groups is 1. The minimum Gasteiger partial charge on any atom is -0.492 e. The second-order valence-electron chi connectivity index (χ2n) is 6.69. The lowest BCUT2D eigenvalue weighted by Gasteiger charge is -2.39. The number of nitrogens with zero attached hydrogens (tertiary/aromatic N) is 2. The summed E-state index contributed by atoms with van der Waals surface area (Å²) in [5.41, 5.74) is 7.35. The van der Waals surface area contributed by atoms with Gasteiger partial charge in [-0.3, -0.25) is 4.79 Å². The van der Waals surface area contributed by atoms with Crippen LogP contribution in [0.5, 0.6) is 5.75 Å². The summed E-state index contributed by atoms with van der Waals surface area (Å²) in [7, 11) is 0. The van der Waals surface area contributed by atoms with E-state index in [4.69, 9.17) is 15.2 Å². The molecule has 0 spiro atoms. The molecule has 154 valence electrons. The maximum Gasteiger partial charge on any atom is 0.239 e. The van der Waals surface area contributed by atoms with E-state index in [2.05, 4.69) is 11.0 Å². The van der Waals surface area contributed by atoms with E-state index < -0.39 is 6.04 Å². The molecule has 0 saturated carbocycles. The van der Waals surface area contributed by atoms with E-state index in [1.54, 1.807) is 0 Å². The molecular weight excluding hydrogens is 389 g/mol. The number of benzene rings is 1. The van der Waals surface area contributed by atoms with Gasteiger partial charge in [-0.2, -0.15) is 0 Å². The summed E-state index contributed by atoms with van der Waals surface area (Å²) in [5, 5.41) is 0. The van der Waals surface area contributed by atoms with Crippen molar-refractivity contribution in [1.82, 2.24) is 4.90 Å². The molecule has 2 N–H and O–H groups in total. The molecule has 0 radical (unpaired) electrons. The highest BCUT2D eigenvalue weighted by molar-refractivity contribution is 5.85. The molecule has 0 aliphatic carbocycles. The lowest BCUT2D eigenvalue weighted by Crippen LogP contribution is -2.55. The van der Waals surface area contributed by atoms with E-state index in [1.807, 2.05) is 30.0 Å². The van der Waals surface area contributed by atoms with Gasteiger partial charge in [0.2, 0.25) is 5.91 Å². The third-order valence-corrected chi connectivity index (χ3v) is 5.16. The van der Waals surface area contributed by atoms with Gasteiger partial charge >= 0.3 is 0 Å². The summed E-state index contributed by atoms with van der Waals surface area (Å²) in [6.07, 6.45) is 1.77. The molecule has 1 aromatic carbocycles. The predicted molar refractivity (Wildman–Crippen MR) is 112 cm³/mol. The lowest BCUT2D eigenvalue weighted by atomic mass is 9.91. The summed E-state index contributed by atoms with van der Waals surface area (Å²) in [6.45, 7) is 7.08. The molecule has 1 amide bonds. The number of anilines is 1. The normalized spacial score (nSPS) is 18.9. The zero-order valence-electron chi connectivity index (χ0n) is 15.8. The fourth-order valence-corrected chi connectivity index (χ4v) is 3.65. The highest BCUT2D eigenvalue weighted by atomic mass is 35.5. The van der Waals surface area contributed by atoms with E-state index in [-0.39, 0.29) is 36.6 Å². The SMILES string of the molecule is CCOc1ccccc1N1CCN(C(=O)C(N)C2CCOCC2)CC1.Cl.Cl. The molecule has 2 saturated heterocycles. The number of nitrogens with two attached hydrogens (primary N) is 1. The van der Waals surface area contributed by atoms with Gasteiger partial charge in [0.05, 0.1) is 18.3 Å². The summed E-state index contributed by atoms with van der Waals surface area (Å²) in [6, 6.07) is 7.69. The van der Waals surface area contributed by atoms with Gasteiger partial charge in [-0.15, -0.1) is 24.8 Å². The Morgan fingerprint density at radius 3 is 2.44 bits per heavy atom. The number of para-hydroxylation sites is 2. The van der Waals surface area contributed by atoms with Gasteiger partial charge < -0.3 is 25.0 Å². The quantitative estimate of drug-likeness (QED) is 0.792. The first-order chi connectivity index (χ1) is 12.2. The van der Waals surface area contributed by atoms with Crippen LogP contribution in [0.2, 0.25) is 0 Å². The lowest BCUT2D eigenvalue weighted by molar-refractivity contribution is -0.135. The molecule has 1 aromatic rings. The highest BCUT2D eigenvalue weighted by Crippen LogP contribution is 2.29. The number of carbonyl (C=O) groups excluding carboxylic acids is 1. The van der Waals surface area contributed by atoms with Crippen molar-refractivity contribution in [3.05, 3.63) is 24.3 Å². The average Bonchev–Trinajstić information content (AvgIpc) is 2.68. The van der Waals surface area contributed by atoms with Crippen LogP contribution in [0.15, 0.2) is 24.3 Å².